The fourth-order valence-electron chi connectivity index (χ4n) is 1.91. The molecule has 2 N–H and O–H groups in total. The summed E-state index contributed by atoms with van der Waals surface area (Å²) in [6.07, 6.45) is 3.14. The Kier molecular flexibility index (Phi) is 6.19. The van der Waals surface area contributed by atoms with Crippen molar-refractivity contribution in [2.45, 2.75) is 0 Å². The molecule has 1 aromatic heterocycles. The Morgan fingerprint density at radius 3 is 2.74 bits per heavy atom. The second kappa shape index (κ2) is 8.36. The van der Waals surface area contributed by atoms with Gasteiger partial charge in [-0.2, -0.15) is 0 Å². The molecular formula is C16H18ClN3O3. The van der Waals surface area contributed by atoms with Crippen LogP contribution in [0.5, 0.6) is 5.75 Å². The number of hydrogen-bond acceptors (Lipinski definition) is 5. The molecule has 0 unspecified atom stereocenters. The summed E-state index contributed by atoms with van der Waals surface area (Å²) in [5.74, 6) is 0.396. The molecule has 1 heterocycles. The molecule has 0 saturated carbocycles. The lowest BCUT2D eigenvalue weighted by Crippen LogP contribution is -2.27. The second-order valence-corrected chi connectivity index (χ2v) is 5.09. The molecule has 0 aliphatic heterocycles. The molecule has 2 aromatic rings. The molecule has 0 aliphatic rings. The van der Waals surface area contributed by atoms with E-state index < -0.39 is 0 Å². The topological polar surface area (TPSA) is 72.5 Å². The molecule has 122 valence electrons. The number of nitrogens with one attached hydrogen (secondary N) is 2. The zero-order valence-corrected chi connectivity index (χ0v) is 13.7. The molecule has 2 rings (SSSR count). The van der Waals surface area contributed by atoms with E-state index in [9.17, 15) is 4.79 Å². The molecule has 0 atom stereocenters. The van der Waals surface area contributed by atoms with Gasteiger partial charge in [0.25, 0.3) is 5.91 Å². The van der Waals surface area contributed by atoms with Gasteiger partial charge in [-0.3, -0.25) is 9.78 Å². The van der Waals surface area contributed by atoms with Crippen LogP contribution in [0.3, 0.4) is 0 Å². The summed E-state index contributed by atoms with van der Waals surface area (Å²) < 4.78 is 10.0. The van der Waals surface area contributed by atoms with Crippen LogP contribution >= 0.6 is 11.6 Å². The number of ether oxygens (including phenoxy) is 2. The van der Waals surface area contributed by atoms with Gasteiger partial charge in [0, 0.05) is 25.5 Å². The van der Waals surface area contributed by atoms with Crippen LogP contribution < -0.4 is 15.4 Å². The van der Waals surface area contributed by atoms with Crippen molar-refractivity contribution < 1.29 is 14.3 Å². The molecule has 23 heavy (non-hydrogen) atoms. The monoisotopic (exact) mass is 335 g/mol. The third-order valence-corrected chi connectivity index (χ3v) is 3.33. The first-order chi connectivity index (χ1) is 11.1. The van der Waals surface area contributed by atoms with E-state index in [-0.39, 0.29) is 5.91 Å². The van der Waals surface area contributed by atoms with Gasteiger partial charge in [-0.05, 0) is 24.3 Å². The first-order valence-electron chi connectivity index (χ1n) is 6.97. The van der Waals surface area contributed by atoms with E-state index in [0.29, 0.717) is 35.2 Å². The van der Waals surface area contributed by atoms with E-state index >= 15 is 0 Å². The highest BCUT2D eigenvalue weighted by Gasteiger charge is 2.07. The highest BCUT2D eigenvalue weighted by molar-refractivity contribution is 6.32. The van der Waals surface area contributed by atoms with Gasteiger partial charge in [0.15, 0.2) is 0 Å². The average Bonchev–Trinajstić information content (AvgIpc) is 2.55. The highest BCUT2D eigenvalue weighted by Crippen LogP contribution is 2.28. The zero-order valence-electron chi connectivity index (χ0n) is 12.9. The van der Waals surface area contributed by atoms with Crippen molar-refractivity contribution in [1.82, 2.24) is 10.3 Å². The van der Waals surface area contributed by atoms with Crippen molar-refractivity contribution in [3.63, 3.8) is 0 Å². The van der Waals surface area contributed by atoms with Crippen LogP contribution in [0.15, 0.2) is 36.7 Å². The second-order valence-electron chi connectivity index (χ2n) is 4.69. The molecule has 1 aromatic carbocycles. The minimum atomic E-state index is -0.203. The van der Waals surface area contributed by atoms with Gasteiger partial charge < -0.3 is 20.1 Å². The van der Waals surface area contributed by atoms with E-state index in [2.05, 4.69) is 15.6 Å². The number of carbonyl (C=O) groups excluding carboxylic acids is 1. The van der Waals surface area contributed by atoms with Gasteiger partial charge in [-0.15, -0.1) is 0 Å². The largest absolute Gasteiger partial charge is 0.495 e. The summed E-state index contributed by atoms with van der Waals surface area (Å²) in [6.45, 7) is 0.905. The Labute approximate surface area is 139 Å². The summed E-state index contributed by atoms with van der Waals surface area (Å²) in [6, 6.07) is 7.05. The maximum atomic E-state index is 12.0. The van der Waals surface area contributed by atoms with Crippen molar-refractivity contribution in [3.05, 3.63) is 47.2 Å². The SMILES string of the molecule is COCCNC(=O)c1cncc(Nc2ccc(OC)c(Cl)c2)c1. The molecule has 1 amide bonds. The van der Waals surface area contributed by atoms with Crippen LogP contribution in [0, 0.1) is 0 Å². The molecule has 6 nitrogen and oxygen atoms in total. The van der Waals surface area contributed by atoms with Gasteiger partial charge >= 0.3 is 0 Å². The lowest BCUT2D eigenvalue weighted by Gasteiger charge is -2.10. The first kappa shape index (κ1) is 17.1. The fraction of sp³-hybridized carbons (Fsp3) is 0.250. The third-order valence-electron chi connectivity index (χ3n) is 3.03. The number of rotatable bonds is 7. The number of halogens is 1. The summed E-state index contributed by atoms with van der Waals surface area (Å²) in [4.78, 5) is 16.1. The molecule has 0 radical (unpaired) electrons. The predicted octanol–water partition coefficient (Wildman–Crippen LogP) is 2.86. The van der Waals surface area contributed by atoms with Gasteiger partial charge in [-0.1, -0.05) is 11.6 Å². The molecule has 0 spiro atoms. The Bertz CT molecular complexity index is 679. The smallest absolute Gasteiger partial charge is 0.253 e. The quantitative estimate of drug-likeness (QED) is 0.761. The van der Waals surface area contributed by atoms with Gasteiger partial charge in [-0.25, -0.2) is 0 Å². The number of hydrogen-bond donors (Lipinski definition) is 2. The number of aromatic nitrogens is 1. The summed E-state index contributed by atoms with van der Waals surface area (Å²) in [5, 5.41) is 6.40. The minimum absolute atomic E-state index is 0.203. The van der Waals surface area contributed by atoms with E-state index in [1.54, 1.807) is 38.6 Å². The van der Waals surface area contributed by atoms with E-state index in [0.717, 1.165) is 5.69 Å². The van der Waals surface area contributed by atoms with Crippen LogP contribution in [0.4, 0.5) is 11.4 Å². The summed E-state index contributed by atoms with van der Waals surface area (Å²) >= 11 is 6.09. The molecule has 0 fully saturated rings. The average molecular weight is 336 g/mol. The highest BCUT2D eigenvalue weighted by atomic mass is 35.5. The number of methoxy groups -OCH3 is 2. The lowest BCUT2D eigenvalue weighted by molar-refractivity contribution is 0.0937. The van der Waals surface area contributed by atoms with Crippen molar-refractivity contribution in [2.75, 3.05) is 32.7 Å². The van der Waals surface area contributed by atoms with Gasteiger partial charge in [0.1, 0.15) is 5.75 Å². The van der Waals surface area contributed by atoms with Crippen molar-refractivity contribution in [2.24, 2.45) is 0 Å². The van der Waals surface area contributed by atoms with E-state index in [4.69, 9.17) is 21.1 Å². The number of nitrogens with zero attached hydrogens (tertiary/aromatic N) is 1. The Hall–Kier alpha value is -2.31. The molecule has 0 saturated heterocycles. The zero-order chi connectivity index (χ0) is 16.7. The standard InChI is InChI=1S/C16H18ClN3O3/c1-22-6-5-19-16(21)11-7-13(10-18-9-11)20-12-3-4-15(23-2)14(17)8-12/h3-4,7-10,20H,5-6H2,1-2H3,(H,19,21). The number of amides is 1. The maximum Gasteiger partial charge on any atom is 0.253 e. The van der Waals surface area contributed by atoms with E-state index in [1.807, 2.05) is 6.07 Å². The van der Waals surface area contributed by atoms with Crippen LogP contribution in [0.1, 0.15) is 10.4 Å². The Balaban J connectivity index is 2.07. The maximum absolute atomic E-state index is 12.0. The molecular weight excluding hydrogens is 318 g/mol. The normalized spacial score (nSPS) is 10.2. The summed E-state index contributed by atoms with van der Waals surface area (Å²) in [7, 11) is 3.14. The van der Waals surface area contributed by atoms with Crippen molar-refractivity contribution in [1.29, 1.82) is 0 Å². The lowest BCUT2D eigenvalue weighted by atomic mass is 10.2. The van der Waals surface area contributed by atoms with E-state index in [1.165, 1.54) is 6.20 Å². The third kappa shape index (κ3) is 4.84. The van der Waals surface area contributed by atoms with Crippen LogP contribution in [0.25, 0.3) is 0 Å². The minimum Gasteiger partial charge on any atom is -0.495 e. The van der Waals surface area contributed by atoms with Gasteiger partial charge in [0.05, 0.1) is 36.2 Å². The number of pyridine rings is 1. The predicted molar refractivity (Wildman–Crippen MR) is 89.7 cm³/mol. The molecule has 0 aliphatic carbocycles. The summed E-state index contributed by atoms with van der Waals surface area (Å²) in [5.41, 5.74) is 1.92. The van der Waals surface area contributed by atoms with Crippen LogP contribution in [-0.4, -0.2) is 38.3 Å². The Morgan fingerprint density at radius 2 is 2.04 bits per heavy atom. The van der Waals surface area contributed by atoms with Crippen molar-refractivity contribution >= 4 is 28.9 Å². The number of benzene rings is 1. The van der Waals surface area contributed by atoms with Crippen LogP contribution in [0.2, 0.25) is 5.02 Å². The van der Waals surface area contributed by atoms with Gasteiger partial charge in [0.2, 0.25) is 0 Å². The number of carbonyl (C=O) groups is 1. The fourth-order valence-corrected chi connectivity index (χ4v) is 2.17. The first-order valence-corrected chi connectivity index (χ1v) is 7.34. The Morgan fingerprint density at radius 1 is 1.22 bits per heavy atom. The number of anilines is 2. The molecule has 0 bridgehead atoms. The van der Waals surface area contributed by atoms with Crippen molar-refractivity contribution in [3.8, 4) is 5.75 Å². The molecule has 7 heteroatoms. The van der Waals surface area contributed by atoms with Crippen LogP contribution in [-0.2, 0) is 4.74 Å².